The second kappa shape index (κ2) is 6.77. The molecule has 0 bridgehead atoms. The van der Waals surface area contributed by atoms with E-state index >= 15 is 0 Å². The van der Waals surface area contributed by atoms with E-state index in [1.165, 1.54) is 10.5 Å². The van der Waals surface area contributed by atoms with Crippen molar-refractivity contribution in [3.05, 3.63) is 59.7 Å². The zero-order valence-electron chi connectivity index (χ0n) is 13.3. The minimum Gasteiger partial charge on any atom is -0.493 e. The van der Waals surface area contributed by atoms with Crippen molar-refractivity contribution in [2.24, 2.45) is 0 Å². The Balaban J connectivity index is 1.45. The third-order valence-corrected chi connectivity index (χ3v) is 5.65. The first kappa shape index (κ1) is 15.4. The van der Waals surface area contributed by atoms with Crippen LogP contribution in [0.1, 0.15) is 36.1 Å². The number of urea groups is 1. The Morgan fingerprint density at radius 3 is 2.54 bits per heavy atom. The first-order chi connectivity index (χ1) is 11.8. The summed E-state index contributed by atoms with van der Waals surface area (Å²) in [4.78, 5) is 13.8. The second-order valence-corrected chi connectivity index (χ2v) is 7.21. The Labute approximate surface area is 146 Å². The summed E-state index contributed by atoms with van der Waals surface area (Å²) in [5, 5.41) is 6.27. The van der Waals surface area contributed by atoms with Crippen LogP contribution >= 0.6 is 11.8 Å². The van der Waals surface area contributed by atoms with E-state index in [-0.39, 0.29) is 18.1 Å². The number of amides is 2. The number of hydrogen-bond donors (Lipinski definition) is 2. The lowest BCUT2D eigenvalue weighted by molar-refractivity contribution is 0.220. The molecule has 24 heavy (non-hydrogen) atoms. The van der Waals surface area contributed by atoms with Crippen LogP contribution in [-0.2, 0) is 0 Å². The Kier molecular flexibility index (Phi) is 4.34. The molecule has 0 aliphatic carbocycles. The number of carbonyl (C=O) groups excluding carboxylic acids is 1. The van der Waals surface area contributed by atoms with Gasteiger partial charge in [0.05, 0.1) is 18.7 Å². The molecular weight excluding hydrogens is 320 g/mol. The monoisotopic (exact) mass is 340 g/mol. The summed E-state index contributed by atoms with van der Waals surface area (Å²) in [6.07, 6.45) is 1.75. The maximum Gasteiger partial charge on any atom is 0.315 e. The van der Waals surface area contributed by atoms with Crippen LogP contribution in [0.25, 0.3) is 0 Å². The zero-order chi connectivity index (χ0) is 16.4. The maximum atomic E-state index is 12.5. The van der Waals surface area contributed by atoms with Crippen molar-refractivity contribution in [1.29, 1.82) is 0 Å². The van der Waals surface area contributed by atoms with Crippen LogP contribution in [-0.4, -0.2) is 18.4 Å². The maximum absolute atomic E-state index is 12.5. The highest BCUT2D eigenvalue weighted by Gasteiger charge is 2.25. The molecule has 4 rings (SSSR count). The Hall–Kier alpha value is -2.14. The average Bonchev–Trinajstić information content (AvgIpc) is 2.62. The molecule has 4 nitrogen and oxygen atoms in total. The molecule has 2 heterocycles. The predicted molar refractivity (Wildman–Crippen MR) is 95.5 cm³/mol. The molecule has 0 saturated carbocycles. The number of benzene rings is 2. The number of hydrogen-bond acceptors (Lipinski definition) is 3. The van der Waals surface area contributed by atoms with E-state index in [1.807, 2.05) is 48.2 Å². The number of carbonyl (C=O) groups is 1. The lowest BCUT2D eigenvalue weighted by Crippen LogP contribution is -2.42. The van der Waals surface area contributed by atoms with E-state index in [1.54, 1.807) is 0 Å². The number of rotatable bonds is 2. The molecule has 2 amide bonds. The lowest BCUT2D eigenvalue weighted by atomic mass is 10.0. The van der Waals surface area contributed by atoms with Gasteiger partial charge in [-0.3, -0.25) is 0 Å². The summed E-state index contributed by atoms with van der Waals surface area (Å²) in [6.45, 7) is 0.630. The van der Waals surface area contributed by atoms with Crippen molar-refractivity contribution in [3.63, 3.8) is 0 Å². The summed E-state index contributed by atoms with van der Waals surface area (Å²) >= 11 is 1.86. The molecule has 2 atom stereocenters. The number of thioether (sulfide) groups is 1. The van der Waals surface area contributed by atoms with Gasteiger partial charge in [-0.2, -0.15) is 0 Å². The van der Waals surface area contributed by atoms with Crippen molar-refractivity contribution in [2.45, 2.75) is 29.8 Å². The summed E-state index contributed by atoms with van der Waals surface area (Å²) in [5.41, 5.74) is 2.27. The molecule has 2 N–H and O–H groups in total. The highest BCUT2D eigenvalue weighted by molar-refractivity contribution is 7.99. The van der Waals surface area contributed by atoms with Gasteiger partial charge in [0.2, 0.25) is 0 Å². The van der Waals surface area contributed by atoms with Gasteiger partial charge in [-0.15, -0.1) is 11.8 Å². The first-order valence-electron chi connectivity index (χ1n) is 8.32. The van der Waals surface area contributed by atoms with Gasteiger partial charge in [-0.25, -0.2) is 4.79 Å². The van der Waals surface area contributed by atoms with Crippen LogP contribution in [0.5, 0.6) is 5.75 Å². The van der Waals surface area contributed by atoms with E-state index in [0.717, 1.165) is 29.9 Å². The smallest absolute Gasteiger partial charge is 0.315 e. The molecule has 0 spiro atoms. The summed E-state index contributed by atoms with van der Waals surface area (Å²) in [5.74, 6) is 1.90. The van der Waals surface area contributed by atoms with Crippen LogP contribution in [0, 0.1) is 0 Å². The van der Waals surface area contributed by atoms with Crippen LogP contribution < -0.4 is 15.4 Å². The van der Waals surface area contributed by atoms with Crippen molar-refractivity contribution in [2.75, 3.05) is 12.4 Å². The van der Waals surface area contributed by atoms with E-state index in [4.69, 9.17) is 4.74 Å². The SMILES string of the molecule is O=C(N[C@H]1CCOc2ccccc21)N[C@@H]1CCSc2ccccc21. The lowest BCUT2D eigenvalue weighted by Gasteiger charge is -2.29. The van der Waals surface area contributed by atoms with Crippen LogP contribution in [0.4, 0.5) is 4.79 Å². The Morgan fingerprint density at radius 1 is 0.958 bits per heavy atom. The standard InChI is InChI=1S/C19H20N2O2S/c22-19(20-15-9-11-23-17-7-3-1-5-13(15)17)21-16-10-12-24-18-8-4-2-6-14(16)18/h1-8,15-16H,9-12H2,(H2,20,21,22)/t15-,16+/m0/s1. The van der Waals surface area contributed by atoms with E-state index in [9.17, 15) is 4.79 Å². The van der Waals surface area contributed by atoms with E-state index in [0.29, 0.717) is 6.61 Å². The van der Waals surface area contributed by atoms with Crippen LogP contribution in [0.2, 0.25) is 0 Å². The van der Waals surface area contributed by atoms with Gasteiger partial charge in [0.25, 0.3) is 0 Å². The molecule has 2 aromatic rings. The molecule has 5 heteroatoms. The molecular formula is C19H20N2O2S. The molecule has 0 saturated heterocycles. The summed E-state index contributed by atoms with van der Waals surface area (Å²) in [7, 11) is 0. The van der Waals surface area contributed by atoms with E-state index < -0.39 is 0 Å². The normalized spacial score (nSPS) is 21.8. The van der Waals surface area contributed by atoms with Crippen LogP contribution in [0.3, 0.4) is 0 Å². The van der Waals surface area contributed by atoms with Gasteiger partial charge in [0.1, 0.15) is 5.75 Å². The first-order valence-corrected chi connectivity index (χ1v) is 9.30. The molecule has 0 radical (unpaired) electrons. The molecule has 0 fully saturated rings. The topological polar surface area (TPSA) is 50.4 Å². The molecule has 124 valence electrons. The number of fused-ring (bicyclic) bond motifs is 2. The molecule has 0 unspecified atom stereocenters. The average molecular weight is 340 g/mol. The highest BCUT2D eigenvalue weighted by Crippen LogP contribution is 2.36. The largest absolute Gasteiger partial charge is 0.493 e. The minimum absolute atomic E-state index is 0.00293. The predicted octanol–water partition coefficient (Wildman–Crippen LogP) is 4.05. The Morgan fingerprint density at radius 2 is 1.67 bits per heavy atom. The quantitative estimate of drug-likeness (QED) is 0.867. The van der Waals surface area contributed by atoms with Gasteiger partial charge in [0.15, 0.2) is 0 Å². The fourth-order valence-corrected chi connectivity index (χ4v) is 4.47. The van der Waals surface area contributed by atoms with Crippen molar-refractivity contribution in [3.8, 4) is 5.75 Å². The van der Waals surface area contributed by atoms with Crippen LogP contribution in [0.15, 0.2) is 53.4 Å². The van der Waals surface area contributed by atoms with Gasteiger partial charge < -0.3 is 15.4 Å². The van der Waals surface area contributed by atoms with Crippen molar-refractivity contribution >= 4 is 17.8 Å². The molecule has 2 aliphatic heterocycles. The van der Waals surface area contributed by atoms with Crippen molar-refractivity contribution in [1.82, 2.24) is 10.6 Å². The van der Waals surface area contributed by atoms with Gasteiger partial charge in [-0.05, 0) is 24.1 Å². The second-order valence-electron chi connectivity index (χ2n) is 6.07. The zero-order valence-corrected chi connectivity index (χ0v) is 14.1. The van der Waals surface area contributed by atoms with Gasteiger partial charge in [-0.1, -0.05) is 36.4 Å². The minimum atomic E-state index is -0.108. The molecule has 2 aliphatic rings. The fraction of sp³-hybridized carbons (Fsp3) is 0.316. The van der Waals surface area contributed by atoms with Crippen molar-refractivity contribution < 1.29 is 9.53 Å². The molecule has 0 aromatic heterocycles. The summed E-state index contributed by atoms with van der Waals surface area (Å²) in [6, 6.07) is 16.2. The third kappa shape index (κ3) is 3.08. The van der Waals surface area contributed by atoms with E-state index in [2.05, 4.69) is 22.8 Å². The van der Waals surface area contributed by atoms with Gasteiger partial charge in [0, 0.05) is 22.6 Å². The highest BCUT2D eigenvalue weighted by atomic mass is 32.2. The number of ether oxygens (including phenoxy) is 1. The van der Waals surface area contributed by atoms with Gasteiger partial charge >= 0.3 is 6.03 Å². The summed E-state index contributed by atoms with van der Waals surface area (Å²) < 4.78 is 5.66. The number of nitrogens with one attached hydrogen (secondary N) is 2. The molecule has 2 aromatic carbocycles. The fourth-order valence-electron chi connectivity index (χ4n) is 3.34. The number of para-hydroxylation sites is 1. The third-order valence-electron chi connectivity index (χ3n) is 4.53. The Bertz CT molecular complexity index is 688.